The van der Waals surface area contributed by atoms with E-state index < -0.39 is 11.8 Å². The van der Waals surface area contributed by atoms with Crippen LogP contribution in [0.25, 0.3) is 6.08 Å². The molecule has 0 radical (unpaired) electrons. The number of nitrogens with one attached hydrogen (secondary N) is 2. The summed E-state index contributed by atoms with van der Waals surface area (Å²) in [5, 5.41) is 16.9. The molecule has 9 heteroatoms. The average Bonchev–Trinajstić information content (AvgIpc) is 2.87. The molecule has 3 rings (SSSR count). The molecule has 0 atom stereocenters. The molecule has 3 aromatic carbocycles. The van der Waals surface area contributed by atoms with Crippen LogP contribution in [-0.2, 0) is 4.79 Å². The summed E-state index contributed by atoms with van der Waals surface area (Å²) in [6, 6.07) is 19.7. The molecule has 178 valence electrons. The van der Waals surface area contributed by atoms with Crippen LogP contribution in [0.4, 0.5) is 0 Å². The lowest BCUT2D eigenvalue weighted by molar-refractivity contribution is -0.117. The summed E-state index contributed by atoms with van der Waals surface area (Å²) in [6.07, 6.45) is 6.22. The predicted octanol–water partition coefficient (Wildman–Crippen LogP) is 5.40. The quantitative estimate of drug-likeness (QED) is 0.140. The standard InChI is InChI=1S/C26H21Br2N3O4/c1-35-24-20(27)15-19(23(32)22(24)28)16-29-31-26(34)21(14-8-11-17-9-4-2-5-10-17)30-25(33)18-12-6-3-7-13-18/h2-16,32H,1H3,(H,30,33)(H,31,34)/b11-8+,21-14-,29-16?. The zero-order chi connectivity index (χ0) is 25.2. The Morgan fingerprint density at radius 3 is 2.34 bits per heavy atom. The van der Waals surface area contributed by atoms with E-state index >= 15 is 0 Å². The van der Waals surface area contributed by atoms with Gasteiger partial charge in [-0.2, -0.15) is 5.10 Å². The molecule has 0 aliphatic carbocycles. The summed E-state index contributed by atoms with van der Waals surface area (Å²) >= 11 is 6.62. The molecule has 2 amide bonds. The molecule has 0 saturated carbocycles. The molecule has 0 bridgehead atoms. The summed E-state index contributed by atoms with van der Waals surface area (Å²) in [6.45, 7) is 0. The highest BCUT2D eigenvalue weighted by Crippen LogP contribution is 2.41. The number of phenolic OH excluding ortho intramolecular Hbond substituents is 1. The second-order valence-corrected chi connectivity index (χ2v) is 8.66. The van der Waals surface area contributed by atoms with Gasteiger partial charge in [0.1, 0.15) is 15.9 Å². The number of carbonyl (C=O) groups is 2. The summed E-state index contributed by atoms with van der Waals surface area (Å²) in [5.74, 6) is -0.774. The fraction of sp³-hybridized carbons (Fsp3) is 0.0385. The number of nitrogens with zero attached hydrogens (tertiary/aromatic N) is 1. The minimum Gasteiger partial charge on any atom is -0.506 e. The van der Waals surface area contributed by atoms with Crippen LogP contribution in [-0.4, -0.2) is 30.2 Å². The third kappa shape index (κ3) is 7.14. The lowest BCUT2D eigenvalue weighted by Gasteiger charge is -2.10. The van der Waals surface area contributed by atoms with Gasteiger partial charge >= 0.3 is 0 Å². The summed E-state index contributed by atoms with van der Waals surface area (Å²) in [4.78, 5) is 25.4. The molecule has 3 aromatic rings. The lowest BCUT2D eigenvalue weighted by atomic mass is 10.2. The van der Waals surface area contributed by atoms with Gasteiger partial charge in [0.05, 0.1) is 17.8 Å². The van der Waals surface area contributed by atoms with Crippen molar-refractivity contribution in [3.63, 3.8) is 0 Å². The Balaban J connectivity index is 1.80. The van der Waals surface area contributed by atoms with Gasteiger partial charge in [-0.1, -0.05) is 60.7 Å². The number of methoxy groups -OCH3 is 1. The van der Waals surface area contributed by atoms with Crippen molar-refractivity contribution in [2.24, 2.45) is 5.10 Å². The molecule has 0 spiro atoms. The van der Waals surface area contributed by atoms with Gasteiger partial charge < -0.3 is 15.2 Å². The monoisotopic (exact) mass is 597 g/mol. The highest BCUT2D eigenvalue weighted by molar-refractivity contribution is 9.11. The third-order valence-electron chi connectivity index (χ3n) is 4.63. The Morgan fingerprint density at radius 2 is 1.69 bits per heavy atom. The Hall–Kier alpha value is -3.69. The van der Waals surface area contributed by atoms with E-state index in [4.69, 9.17) is 4.74 Å². The molecule has 0 heterocycles. The van der Waals surface area contributed by atoms with Gasteiger partial charge in [-0.25, -0.2) is 5.43 Å². The number of benzene rings is 3. The molecule has 0 aromatic heterocycles. The number of halogens is 2. The maximum Gasteiger partial charge on any atom is 0.287 e. The van der Waals surface area contributed by atoms with Crippen molar-refractivity contribution in [1.29, 1.82) is 0 Å². The van der Waals surface area contributed by atoms with Gasteiger partial charge in [-0.05, 0) is 61.7 Å². The van der Waals surface area contributed by atoms with Gasteiger partial charge in [0.25, 0.3) is 11.8 Å². The number of ether oxygens (including phenoxy) is 1. The molecule has 0 unspecified atom stereocenters. The van der Waals surface area contributed by atoms with Crippen molar-refractivity contribution < 1.29 is 19.4 Å². The van der Waals surface area contributed by atoms with Crippen LogP contribution in [0.3, 0.4) is 0 Å². The zero-order valence-corrected chi connectivity index (χ0v) is 21.7. The SMILES string of the molecule is COc1c(Br)cc(C=NNC(=O)/C(=C/C=C/c2ccccc2)NC(=O)c2ccccc2)c(O)c1Br. The maximum atomic E-state index is 12.8. The van der Waals surface area contributed by atoms with Crippen LogP contribution in [0.2, 0.25) is 0 Å². The van der Waals surface area contributed by atoms with E-state index in [0.29, 0.717) is 25.8 Å². The third-order valence-corrected chi connectivity index (χ3v) is 5.96. The van der Waals surface area contributed by atoms with Crippen molar-refractivity contribution in [1.82, 2.24) is 10.7 Å². The van der Waals surface area contributed by atoms with Gasteiger partial charge in [0.2, 0.25) is 0 Å². The van der Waals surface area contributed by atoms with Crippen LogP contribution in [0.5, 0.6) is 11.5 Å². The van der Waals surface area contributed by atoms with Gasteiger partial charge in [-0.15, -0.1) is 0 Å². The predicted molar refractivity (Wildman–Crippen MR) is 143 cm³/mol. The number of amides is 2. The number of hydrogen-bond donors (Lipinski definition) is 3. The van der Waals surface area contributed by atoms with Crippen LogP contribution >= 0.6 is 31.9 Å². The molecular formula is C26H21Br2N3O4. The Morgan fingerprint density at radius 1 is 1.03 bits per heavy atom. The number of rotatable bonds is 8. The molecule has 35 heavy (non-hydrogen) atoms. The second kappa shape index (κ2) is 12.7. The number of phenols is 1. The van der Waals surface area contributed by atoms with Crippen molar-refractivity contribution in [2.45, 2.75) is 0 Å². The molecule has 0 aliphatic rings. The number of hydrazone groups is 1. The fourth-order valence-electron chi connectivity index (χ4n) is 2.89. The van der Waals surface area contributed by atoms with Crippen LogP contribution in [0.15, 0.2) is 98.6 Å². The lowest BCUT2D eigenvalue weighted by Crippen LogP contribution is -2.32. The first-order valence-corrected chi connectivity index (χ1v) is 11.9. The Labute approximate surface area is 219 Å². The minimum absolute atomic E-state index is 0.00972. The molecule has 0 aliphatic heterocycles. The number of carbonyl (C=O) groups excluding carboxylic acids is 2. The molecule has 0 fully saturated rings. The molecule has 3 N–H and O–H groups in total. The van der Waals surface area contributed by atoms with E-state index in [0.717, 1.165) is 5.56 Å². The first-order valence-electron chi connectivity index (χ1n) is 10.3. The van der Waals surface area contributed by atoms with E-state index in [-0.39, 0.29) is 11.4 Å². The summed E-state index contributed by atoms with van der Waals surface area (Å²) in [7, 11) is 1.47. The van der Waals surface area contributed by atoms with E-state index in [1.54, 1.807) is 48.6 Å². The van der Waals surface area contributed by atoms with E-state index in [9.17, 15) is 14.7 Å². The summed E-state index contributed by atoms with van der Waals surface area (Å²) in [5.41, 5.74) is 4.02. The molecule has 7 nitrogen and oxygen atoms in total. The maximum absolute atomic E-state index is 12.8. The topological polar surface area (TPSA) is 100 Å². The highest BCUT2D eigenvalue weighted by Gasteiger charge is 2.15. The highest BCUT2D eigenvalue weighted by atomic mass is 79.9. The normalized spacial score (nSPS) is 11.6. The Kier molecular flexibility index (Phi) is 9.39. The van der Waals surface area contributed by atoms with Crippen LogP contribution in [0.1, 0.15) is 21.5 Å². The van der Waals surface area contributed by atoms with Crippen molar-refractivity contribution in [3.05, 3.63) is 110 Å². The number of aromatic hydroxyl groups is 1. The van der Waals surface area contributed by atoms with Gasteiger partial charge in [0, 0.05) is 11.1 Å². The van der Waals surface area contributed by atoms with Crippen LogP contribution in [0, 0.1) is 0 Å². The Bertz CT molecular complexity index is 1290. The largest absolute Gasteiger partial charge is 0.506 e. The number of allylic oxidation sites excluding steroid dienone is 2. The van der Waals surface area contributed by atoms with Crippen LogP contribution < -0.4 is 15.5 Å². The smallest absolute Gasteiger partial charge is 0.287 e. The first-order chi connectivity index (χ1) is 16.9. The van der Waals surface area contributed by atoms with E-state index in [1.165, 1.54) is 19.4 Å². The van der Waals surface area contributed by atoms with Crippen molar-refractivity contribution >= 4 is 56.0 Å². The van der Waals surface area contributed by atoms with Gasteiger partial charge in [-0.3, -0.25) is 9.59 Å². The van der Waals surface area contributed by atoms with E-state index in [2.05, 4.69) is 47.7 Å². The average molecular weight is 599 g/mol. The van der Waals surface area contributed by atoms with Gasteiger partial charge in [0.15, 0.2) is 5.75 Å². The molecule has 0 saturated heterocycles. The fourth-order valence-corrected chi connectivity index (χ4v) is 4.37. The zero-order valence-electron chi connectivity index (χ0n) is 18.5. The summed E-state index contributed by atoms with van der Waals surface area (Å²) < 4.78 is 6.13. The second-order valence-electron chi connectivity index (χ2n) is 7.01. The number of hydrogen-bond acceptors (Lipinski definition) is 5. The van der Waals surface area contributed by atoms with Crippen molar-refractivity contribution in [2.75, 3.05) is 7.11 Å². The van der Waals surface area contributed by atoms with E-state index in [1.807, 2.05) is 30.3 Å². The first kappa shape index (κ1) is 25.9. The minimum atomic E-state index is -0.644. The molecular weight excluding hydrogens is 578 g/mol. The van der Waals surface area contributed by atoms with Crippen molar-refractivity contribution in [3.8, 4) is 11.5 Å².